The molecule has 4 rings (SSSR count). The van der Waals surface area contributed by atoms with Crippen LogP contribution in [0.15, 0.2) is 94.2 Å². The van der Waals surface area contributed by atoms with Gasteiger partial charge in [0.05, 0.1) is 17.4 Å². The Morgan fingerprint density at radius 2 is 1.65 bits per heavy atom. The number of carbonyl (C=O) groups is 1. The zero-order valence-corrected chi connectivity index (χ0v) is 18.2. The monoisotopic (exact) mass is 473 g/mol. The number of rotatable bonds is 6. The molecule has 0 unspecified atom stereocenters. The third kappa shape index (κ3) is 5.35. The number of para-hydroxylation sites is 1. The smallest absolute Gasteiger partial charge is 0.258 e. The summed E-state index contributed by atoms with van der Waals surface area (Å²) in [4.78, 5) is 34.5. The number of benzene rings is 3. The van der Waals surface area contributed by atoms with Crippen molar-refractivity contribution in [2.75, 3.05) is 0 Å². The van der Waals surface area contributed by atoms with E-state index in [1.54, 1.807) is 35.3 Å². The number of hydrogen-bond donors (Lipinski definition) is 1. The minimum Gasteiger partial charge on any atom is -0.327 e. The van der Waals surface area contributed by atoms with Crippen molar-refractivity contribution in [3.8, 4) is 0 Å². The summed E-state index contributed by atoms with van der Waals surface area (Å²) in [5, 5.41) is 0.530. The Hall–Kier alpha value is -3.51. The first-order valence-electron chi connectivity index (χ1n) is 9.83. The average Bonchev–Trinajstić information content (AvgIpc) is 2.79. The molecule has 154 valence electrons. The number of nitrogens with zero attached hydrogens (tertiary/aromatic N) is 2. The molecule has 0 bridgehead atoms. The molecule has 4 aromatic rings. The van der Waals surface area contributed by atoms with Crippen LogP contribution in [0.25, 0.3) is 17.0 Å². The molecule has 6 heteroatoms. The van der Waals surface area contributed by atoms with Crippen LogP contribution in [-0.2, 0) is 17.9 Å². The predicted molar refractivity (Wildman–Crippen MR) is 126 cm³/mol. The number of carbonyl (C=O) groups excluding carboxylic acids is 1. The number of fused-ring (bicyclic) bond motifs is 1. The second-order valence-electron chi connectivity index (χ2n) is 7.09. The van der Waals surface area contributed by atoms with Crippen LogP contribution in [0.4, 0.5) is 0 Å². The number of amides is 1. The topological polar surface area (TPSA) is 66.1 Å². The van der Waals surface area contributed by atoms with Crippen molar-refractivity contribution in [3.63, 3.8) is 0 Å². The SMILES string of the molecule is O=C(C=Cc1ccc(Br)cc1)N(Cc1ccccc1)Cc1nc2ccccc2c(=O)[nH]1. The van der Waals surface area contributed by atoms with Crippen molar-refractivity contribution >= 4 is 38.8 Å². The quantitative estimate of drug-likeness (QED) is 0.403. The Balaban J connectivity index is 1.61. The summed E-state index contributed by atoms with van der Waals surface area (Å²) >= 11 is 3.41. The van der Waals surface area contributed by atoms with Gasteiger partial charge >= 0.3 is 0 Å². The summed E-state index contributed by atoms with van der Waals surface area (Å²) in [5.41, 5.74) is 2.32. The van der Waals surface area contributed by atoms with E-state index in [1.807, 2.05) is 60.7 Å². The van der Waals surface area contributed by atoms with Crippen molar-refractivity contribution in [3.05, 3.63) is 117 Å². The van der Waals surface area contributed by atoms with Gasteiger partial charge in [0.2, 0.25) is 5.91 Å². The lowest BCUT2D eigenvalue weighted by Gasteiger charge is -2.21. The molecule has 0 atom stereocenters. The molecule has 0 saturated carbocycles. The first-order valence-corrected chi connectivity index (χ1v) is 10.6. The van der Waals surface area contributed by atoms with Gasteiger partial charge in [-0.05, 0) is 41.5 Å². The molecule has 0 spiro atoms. The minimum absolute atomic E-state index is 0.164. The van der Waals surface area contributed by atoms with Crippen LogP contribution in [0, 0.1) is 0 Å². The van der Waals surface area contributed by atoms with Gasteiger partial charge in [-0.3, -0.25) is 9.59 Å². The van der Waals surface area contributed by atoms with Gasteiger partial charge < -0.3 is 9.88 Å². The predicted octanol–water partition coefficient (Wildman–Crippen LogP) is 4.93. The van der Waals surface area contributed by atoms with E-state index in [9.17, 15) is 9.59 Å². The van der Waals surface area contributed by atoms with Gasteiger partial charge in [0, 0.05) is 17.1 Å². The molecule has 0 aliphatic carbocycles. The van der Waals surface area contributed by atoms with Crippen LogP contribution < -0.4 is 5.56 Å². The highest BCUT2D eigenvalue weighted by Gasteiger charge is 2.14. The van der Waals surface area contributed by atoms with E-state index in [2.05, 4.69) is 25.9 Å². The molecule has 1 amide bonds. The molecule has 1 N–H and O–H groups in total. The van der Waals surface area contributed by atoms with Crippen molar-refractivity contribution in [2.45, 2.75) is 13.1 Å². The number of hydrogen-bond acceptors (Lipinski definition) is 3. The van der Waals surface area contributed by atoms with E-state index in [0.717, 1.165) is 15.6 Å². The number of aromatic nitrogens is 2. The van der Waals surface area contributed by atoms with Gasteiger partial charge in [-0.25, -0.2) is 4.98 Å². The molecular formula is C25H20BrN3O2. The Labute approximate surface area is 188 Å². The van der Waals surface area contributed by atoms with Crippen molar-refractivity contribution in [2.24, 2.45) is 0 Å². The number of halogens is 1. The fraction of sp³-hybridized carbons (Fsp3) is 0.0800. The van der Waals surface area contributed by atoms with E-state index < -0.39 is 0 Å². The van der Waals surface area contributed by atoms with Gasteiger partial charge in [0.15, 0.2) is 0 Å². The second kappa shape index (κ2) is 9.53. The standard InChI is InChI=1S/C25H20BrN3O2/c26-20-13-10-18(11-14-20)12-15-24(30)29(16-19-6-2-1-3-7-19)17-23-27-22-9-5-4-8-21(22)25(31)28-23/h1-15H,16-17H2,(H,27,28,31). The van der Waals surface area contributed by atoms with E-state index in [1.165, 1.54) is 0 Å². The van der Waals surface area contributed by atoms with E-state index in [0.29, 0.717) is 23.3 Å². The summed E-state index contributed by atoms with van der Waals surface area (Å²) in [6.07, 6.45) is 3.33. The third-order valence-corrected chi connectivity index (χ3v) is 5.35. The zero-order chi connectivity index (χ0) is 21.6. The Morgan fingerprint density at radius 1 is 0.935 bits per heavy atom. The van der Waals surface area contributed by atoms with E-state index >= 15 is 0 Å². The summed E-state index contributed by atoms with van der Waals surface area (Å²) < 4.78 is 0.980. The first kappa shape index (κ1) is 20.8. The van der Waals surface area contributed by atoms with Gasteiger partial charge in [-0.2, -0.15) is 0 Å². The van der Waals surface area contributed by atoms with Crippen LogP contribution in [0.5, 0.6) is 0 Å². The van der Waals surface area contributed by atoms with E-state index in [-0.39, 0.29) is 18.0 Å². The zero-order valence-electron chi connectivity index (χ0n) is 16.7. The van der Waals surface area contributed by atoms with Crippen LogP contribution in [0.3, 0.4) is 0 Å². The molecule has 0 aliphatic rings. The summed E-state index contributed by atoms with van der Waals surface area (Å²) in [7, 11) is 0. The van der Waals surface area contributed by atoms with Gasteiger partial charge in [0.1, 0.15) is 5.82 Å². The fourth-order valence-electron chi connectivity index (χ4n) is 3.25. The molecule has 0 fully saturated rings. The van der Waals surface area contributed by atoms with Gasteiger partial charge in [-0.15, -0.1) is 0 Å². The molecule has 3 aromatic carbocycles. The molecule has 1 heterocycles. The summed E-state index contributed by atoms with van der Waals surface area (Å²) in [5.74, 6) is 0.285. The molecule has 0 aliphatic heterocycles. The number of H-pyrrole nitrogens is 1. The van der Waals surface area contributed by atoms with Crippen molar-refractivity contribution in [1.82, 2.24) is 14.9 Å². The van der Waals surface area contributed by atoms with Crippen LogP contribution in [-0.4, -0.2) is 20.8 Å². The fourth-order valence-corrected chi connectivity index (χ4v) is 3.52. The van der Waals surface area contributed by atoms with E-state index in [4.69, 9.17) is 0 Å². The maximum Gasteiger partial charge on any atom is 0.258 e. The van der Waals surface area contributed by atoms with Gasteiger partial charge in [-0.1, -0.05) is 70.5 Å². The third-order valence-electron chi connectivity index (χ3n) is 4.82. The largest absolute Gasteiger partial charge is 0.327 e. The highest BCUT2D eigenvalue weighted by Crippen LogP contribution is 2.14. The van der Waals surface area contributed by atoms with Crippen LogP contribution >= 0.6 is 15.9 Å². The molecule has 5 nitrogen and oxygen atoms in total. The number of aromatic amines is 1. The maximum absolute atomic E-state index is 13.1. The Kier molecular flexibility index (Phi) is 6.38. The molecule has 0 radical (unpaired) electrons. The minimum atomic E-state index is -0.210. The normalized spacial score (nSPS) is 11.1. The lowest BCUT2D eigenvalue weighted by Crippen LogP contribution is -2.30. The highest BCUT2D eigenvalue weighted by atomic mass is 79.9. The average molecular weight is 474 g/mol. The van der Waals surface area contributed by atoms with Crippen LogP contribution in [0.1, 0.15) is 17.0 Å². The van der Waals surface area contributed by atoms with Crippen molar-refractivity contribution < 1.29 is 4.79 Å². The van der Waals surface area contributed by atoms with Crippen molar-refractivity contribution in [1.29, 1.82) is 0 Å². The summed E-state index contributed by atoms with van der Waals surface area (Å²) in [6, 6.07) is 24.6. The molecule has 31 heavy (non-hydrogen) atoms. The molecule has 1 aromatic heterocycles. The highest BCUT2D eigenvalue weighted by molar-refractivity contribution is 9.10. The number of nitrogens with one attached hydrogen (secondary N) is 1. The maximum atomic E-state index is 13.1. The first-order chi connectivity index (χ1) is 15.1. The summed E-state index contributed by atoms with van der Waals surface area (Å²) in [6.45, 7) is 0.597. The second-order valence-corrected chi connectivity index (χ2v) is 8.01. The van der Waals surface area contributed by atoms with Gasteiger partial charge in [0.25, 0.3) is 5.56 Å². The Morgan fingerprint density at radius 3 is 2.42 bits per heavy atom. The molecular weight excluding hydrogens is 454 g/mol. The lowest BCUT2D eigenvalue weighted by molar-refractivity contribution is -0.127. The Bertz CT molecular complexity index is 1280. The lowest BCUT2D eigenvalue weighted by atomic mass is 10.2. The van der Waals surface area contributed by atoms with Crippen LogP contribution in [0.2, 0.25) is 0 Å². The molecule has 0 saturated heterocycles.